The molecule has 1 aliphatic heterocycles. The molecule has 1 heterocycles. The van der Waals surface area contributed by atoms with Gasteiger partial charge < -0.3 is 9.84 Å². The first-order chi connectivity index (χ1) is 13.9. The fourth-order valence-electron chi connectivity index (χ4n) is 2.60. The summed E-state index contributed by atoms with van der Waals surface area (Å²) in [6.45, 7) is 12.1. The van der Waals surface area contributed by atoms with E-state index >= 15 is 0 Å². The van der Waals surface area contributed by atoms with Crippen LogP contribution < -0.4 is 0 Å². The molecule has 150 valence electrons. The molecule has 0 saturated heterocycles. The molecule has 0 saturated carbocycles. The van der Waals surface area contributed by atoms with Crippen molar-refractivity contribution in [2.45, 2.75) is 26.9 Å². The van der Waals surface area contributed by atoms with Gasteiger partial charge in [-0.15, -0.1) is 0 Å². The van der Waals surface area contributed by atoms with Crippen molar-refractivity contribution in [3.05, 3.63) is 101 Å². The van der Waals surface area contributed by atoms with Gasteiger partial charge in [0.05, 0.1) is 19.4 Å². The highest BCUT2D eigenvalue weighted by Gasteiger charge is 2.03. The first-order valence-electron chi connectivity index (χ1n) is 9.41. The summed E-state index contributed by atoms with van der Waals surface area (Å²) in [5.74, 6) is 0.585. The van der Waals surface area contributed by atoms with E-state index < -0.39 is 0 Å². The van der Waals surface area contributed by atoms with Crippen molar-refractivity contribution in [3.8, 4) is 0 Å². The zero-order valence-electron chi connectivity index (χ0n) is 17.4. The van der Waals surface area contributed by atoms with Crippen LogP contribution in [0, 0.1) is 0 Å². The summed E-state index contributed by atoms with van der Waals surface area (Å²) in [7, 11) is 1.60. The minimum Gasteiger partial charge on any atom is -0.481 e. The molecule has 0 aliphatic carbocycles. The molecule has 0 bridgehead atoms. The Kier molecular flexibility index (Phi) is 8.31. The Morgan fingerprint density at radius 3 is 2.72 bits per heavy atom. The maximum atomic E-state index is 9.32. The number of benzene rings is 1. The number of allylic oxidation sites excluding steroid dienone is 8. The van der Waals surface area contributed by atoms with E-state index in [-0.39, 0.29) is 6.61 Å². The predicted octanol–water partition coefficient (Wildman–Crippen LogP) is 5.56. The molecule has 0 aromatic heterocycles. The Labute approximate surface area is 173 Å². The topological polar surface area (TPSA) is 54.2 Å². The second kappa shape index (κ2) is 10.9. The van der Waals surface area contributed by atoms with Crippen LogP contribution >= 0.6 is 0 Å². The van der Waals surface area contributed by atoms with Gasteiger partial charge in [-0.3, -0.25) is 4.99 Å². The lowest BCUT2D eigenvalue weighted by atomic mass is 10.0. The molecule has 1 aromatic carbocycles. The highest BCUT2D eigenvalue weighted by atomic mass is 16.5. The summed E-state index contributed by atoms with van der Waals surface area (Å²) in [5, 5.41) is 9.32. The van der Waals surface area contributed by atoms with Gasteiger partial charge in [-0.05, 0) is 60.3 Å². The van der Waals surface area contributed by atoms with Crippen LogP contribution in [-0.2, 0) is 11.3 Å². The molecule has 0 amide bonds. The lowest BCUT2D eigenvalue weighted by Crippen LogP contribution is -1.92. The first-order valence-corrected chi connectivity index (χ1v) is 9.41. The summed E-state index contributed by atoms with van der Waals surface area (Å²) in [6.07, 6.45) is 12.1. The standard InChI is InChI=1S/C25H28N2O2/c1-18(2)23(13-12-19(3)22-9-6-8-21(14-22)17-28)15-26-20(4)24-10-7-11-25(29-5)27-16-24/h6,8-16,28H,1,4,7,17H2,2-3,5H3/b19-12+,23-13-,26-15?. The van der Waals surface area contributed by atoms with Crippen LogP contribution in [-0.4, -0.2) is 24.6 Å². The number of ether oxygens (including phenoxy) is 1. The molecule has 1 aromatic rings. The first kappa shape index (κ1) is 22.1. The van der Waals surface area contributed by atoms with Gasteiger partial charge in [0.1, 0.15) is 0 Å². The van der Waals surface area contributed by atoms with Gasteiger partial charge in [-0.25, -0.2) is 4.99 Å². The molecular weight excluding hydrogens is 360 g/mol. The Morgan fingerprint density at radius 2 is 2.03 bits per heavy atom. The monoisotopic (exact) mass is 388 g/mol. The van der Waals surface area contributed by atoms with Gasteiger partial charge in [0.25, 0.3) is 0 Å². The number of aliphatic hydroxyl groups excluding tert-OH is 1. The zero-order chi connectivity index (χ0) is 21.2. The summed E-state index contributed by atoms with van der Waals surface area (Å²) < 4.78 is 5.15. The summed E-state index contributed by atoms with van der Waals surface area (Å²) in [6, 6.07) is 7.85. The van der Waals surface area contributed by atoms with Crippen molar-refractivity contribution in [2.24, 2.45) is 9.98 Å². The van der Waals surface area contributed by atoms with E-state index in [9.17, 15) is 5.11 Å². The maximum absolute atomic E-state index is 9.32. The number of aliphatic imine (C=N–C) groups is 2. The average Bonchev–Trinajstić information content (AvgIpc) is 2.98. The van der Waals surface area contributed by atoms with Crippen molar-refractivity contribution < 1.29 is 9.84 Å². The second-order valence-corrected chi connectivity index (χ2v) is 6.72. The summed E-state index contributed by atoms with van der Waals surface area (Å²) in [5.41, 5.74) is 6.34. The van der Waals surface area contributed by atoms with E-state index in [0.29, 0.717) is 18.0 Å². The van der Waals surface area contributed by atoms with E-state index in [1.165, 1.54) is 0 Å². The van der Waals surface area contributed by atoms with Crippen LogP contribution in [0.4, 0.5) is 0 Å². The van der Waals surface area contributed by atoms with Crippen LogP contribution in [0.25, 0.3) is 5.57 Å². The fraction of sp³-hybridized carbons (Fsp3) is 0.200. The molecule has 1 aliphatic rings. The maximum Gasteiger partial charge on any atom is 0.209 e. The highest BCUT2D eigenvalue weighted by Crippen LogP contribution is 2.18. The van der Waals surface area contributed by atoms with Crippen LogP contribution in [0.15, 0.2) is 100 Å². The van der Waals surface area contributed by atoms with E-state index in [1.807, 2.05) is 62.4 Å². The van der Waals surface area contributed by atoms with Crippen LogP contribution in [0.1, 0.15) is 31.4 Å². The molecule has 0 fully saturated rings. The molecule has 0 unspecified atom stereocenters. The molecule has 2 rings (SSSR count). The van der Waals surface area contributed by atoms with E-state index in [1.54, 1.807) is 19.5 Å². The minimum atomic E-state index is 0.0310. The molecule has 1 N–H and O–H groups in total. The van der Waals surface area contributed by atoms with Gasteiger partial charge in [0.2, 0.25) is 5.88 Å². The Balaban J connectivity index is 2.17. The molecule has 4 heteroatoms. The summed E-state index contributed by atoms with van der Waals surface area (Å²) >= 11 is 0. The third-order valence-electron chi connectivity index (χ3n) is 4.43. The third-order valence-corrected chi connectivity index (χ3v) is 4.43. The lowest BCUT2D eigenvalue weighted by Gasteiger charge is -2.05. The van der Waals surface area contributed by atoms with Crippen molar-refractivity contribution in [1.82, 2.24) is 0 Å². The highest BCUT2D eigenvalue weighted by molar-refractivity contribution is 5.90. The molecule has 0 atom stereocenters. The number of rotatable bonds is 8. The van der Waals surface area contributed by atoms with Gasteiger partial charge in [-0.2, -0.15) is 0 Å². The number of hydrogen-bond donors (Lipinski definition) is 1. The Morgan fingerprint density at radius 1 is 1.24 bits per heavy atom. The number of aliphatic hydroxyl groups is 1. The molecular formula is C25H28N2O2. The summed E-state index contributed by atoms with van der Waals surface area (Å²) in [4.78, 5) is 8.77. The van der Waals surface area contributed by atoms with Gasteiger partial charge in [0.15, 0.2) is 0 Å². The predicted molar refractivity (Wildman–Crippen MR) is 123 cm³/mol. The van der Waals surface area contributed by atoms with Gasteiger partial charge >= 0.3 is 0 Å². The Bertz CT molecular complexity index is 957. The third kappa shape index (κ3) is 6.70. The van der Waals surface area contributed by atoms with Crippen molar-refractivity contribution in [3.63, 3.8) is 0 Å². The molecule has 0 spiro atoms. The number of nitrogens with zero attached hydrogens (tertiary/aromatic N) is 2. The molecule has 29 heavy (non-hydrogen) atoms. The molecule has 4 nitrogen and oxygen atoms in total. The fourth-order valence-corrected chi connectivity index (χ4v) is 2.60. The van der Waals surface area contributed by atoms with E-state index in [0.717, 1.165) is 33.4 Å². The van der Waals surface area contributed by atoms with E-state index in [4.69, 9.17) is 4.74 Å². The molecule has 0 radical (unpaired) electrons. The van der Waals surface area contributed by atoms with E-state index in [2.05, 4.69) is 23.1 Å². The minimum absolute atomic E-state index is 0.0310. The van der Waals surface area contributed by atoms with Crippen molar-refractivity contribution >= 4 is 18.0 Å². The largest absolute Gasteiger partial charge is 0.481 e. The second-order valence-electron chi connectivity index (χ2n) is 6.72. The van der Waals surface area contributed by atoms with Gasteiger partial charge in [0, 0.05) is 18.0 Å². The SMILES string of the molecule is C=C(N=C/C(=C/C=C(\C)c1cccc(CO)c1)C(=C)C)C1=CCC=C(OC)N=C1. The van der Waals surface area contributed by atoms with Gasteiger partial charge in [-0.1, -0.05) is 49.6 Å². The smallest absolute Gasteiger partial charge is 0.209 e. The average molecular weight is 389 g/mol. The van der Waals surface area contributed by atoms with Crippen LogP contribution in [0.2, 0.25) is 0 Å². The number of hydrogen-bond acceptors (Lipinski definition) is 4. The van der Waals surface area contributed by atoms with Crippen molar-refractivity contribution in [1.29, 1.82) is 0 Å². The zero-order valence-corrected chi connectivity index (χ0v) is 17.4. The van der Waals surface area contributed by atoms with Crippen LogP contribution in [0.5, 0.6) is 0 Å². The lowest BCUT2D eigenvalue weighted by molar-refractivity contribution is 0.282. The van der Waals surface area contributed by atoms with Crippen molar-refractivity contribution in [2.75, 3.05) is 7.11 Å². The quantitative estimate of drug-likeness (QED) is 0.468. The van der Waals surface area contributed by atoms with Crippen LogP contribution in [0.3, 0.4) is 0 Å². The Hall–Kier alpha value is -3.24. The normalized spacial score (nSPS) is 15.0. The number of methoxy groups -OCH3 is 1.